The van der Waals surface area contributed by atoms with Gasteiger partial charge in [-0.15, -0.1) is 0 Å². The third-order valence-electron chi connectivity index (χ3n) is 5.01. The Labute approximate surface area is 166 Å². The maximum absolute atomic E-state index is 6.05. The molecule has 2 aromatic heterocycles. The SMILES string of the molecule is CCc1ccc2nc(N3CCN(c4nc5cc(Cl)ccc5o4)CC3)sc2c1. The molecule has 2 aromatic carbocycles. The first kappa shape index (κ1) is 16.8. The van der Waals surface area contributed by atoms with Crippen LogP contribution in [0, 0.1) is 0 Å². The van der Waals surface area contributed by atoms with Gasteiger partial charge < -0.3 is 14.2 Å². The number of fused-ring (bicyclic) bond motifs is 2. The lowest BCUT2D eigenvalue weighted by atomic mass is 10.2. The van der Waals surface area contributed by atoms with Crippen LogP contribution in [-0.4, -0.2) is 36.1 Å². The summed E-state index contributed by atoms with van der Waals surface area (Å²) in [5.74, 6) is 0. The molecule has 7 heteroatoms. The minimum absolute atomic E-state index is 0.670. The molecule has 138 valence electrons. The van der Waals surface area contributed by atoms with E-state index >= 15 is 0 Å². The summed E-state index contributed by atoms with van der Waals surface area (Å²) < 4.78 is 7.17. The molecule has 0 saturated carbocycles. The van der Waals surface area contributed by atoms with Crippen LogP contribution in [0.4, 0.5) is 11.1 Å². The highest BCUT2D eigenvalue weighted by molar-refractivity contribution is 7.22. The van der Waals surface area contributed by atoms with Gasteiger partial charge in [0.25, 0.3) is 6.01 Å². The van der Waals surface area contributed by atoms with Crippen LogP contribution < -0.4 is 9.80 Å². The van der Waals surface area contributed by atoms with Crippen molar-refractivity contribution < 1.29 is 4.42 Å². The number of hydrogen-bond donors (Lipinski definition) is 0. The summed E-state index contributed by atoms with van der Waals surface area (Å²) >= 11 is 7.82. The summed E-state index contributed by atoms with van der Waals surface area (Å²) in [6, 6.07) is 12.8. The monoisotopic (exact) mass is 398 g/mol. The van der Waals surface area contributed by atoms with Crippen molar-refractivity contribution in [1.29, 1.82) is 0 Å². The summed E-state index contributed by atoms with van der Waals surface area (Å²) in [6.45, 7) is 5.70. The van der Waals surface area contributed by atoms with Gasteiger partial charge in [-0.05, 0) is 42.3 Å². The molecule has 5 nitrogen and oxygen atoms in total. The number of hydrogen-bond acceptors (Lipinski definition) is 6. The topological polar surface area (TPSA) is 45.4 Å². The van der Waals surface area contributed by atoms with Crippen molar-refractivity contribution in [2.45, 2.75) is 13.3 Å². The van der Waals surface area contributed by atoms with Crippen LogP contribution in [-0.2, 0) is 6.42 Å². The first-order chi connectivity index (χ1) is 13.2. The molecular formula is C20H19ClN4OS. The van der Waals surface area contributed by atoms with Gasteiger partial charge in [0, 0.05) is 31.2 Å². The van der Waals surface area contributed by atoms with Crippen molar-refractivity contribution in [2.75, 3.05) is 36.0 Å². The van der Waals surface area contributed by atoms with Crippen molar-refractivity contribution in [1.82, 2.24) is 9.97 Å². The zero-order valence-electron chi connectivity index (χ0n) is 15.0. The molecule has 0 N–H and O–H groups in total. The number of halogens is 1. The molecule has 0 amide bonds. The molecular weight excluding hydrogens is 380 g/mol. The summed E-state index contributed by atoms with van der Waals surface area (Å²) in [7, 11) is 0. The normalized spacial score (nSPS) is 15.2. The zero-order chi connectivity index (χ0) is 18.4. The summed E-state index contributed by atoms with van der Waals surface area (Å²) in [5, 5.41) is 1.77. The summed E-state index contributed by atoms with van der Waals surface area (Å²) in [5.41, 5.74) is 4.02. The number of anilines is 2. The Morgan fingerprint density at radius 2 is 1.81 bits per heavy atom. The van der Waals surface area contributed by atoms with Crippen molar-refractivity contribution in [2.24, 2.45) is 0 Å². The molecule has 3 heterocycles. The van der Waals surface area contributed by atoms with Gasteiger partial charge in [0.2, 0.25) is 0 Å². The van der Waals surface area contributed by atoms with Crippen LogP contribution >= 0.6 is 22.9 Å². The average molecular weight is 399 g/mol. The summed E-state index contributed by atoms with van der Waals surface area (Å²) in [6.07, 6.45) is 1.05. The predicted molar refractivity (Wildman–Crippen MR) is 112 cm³/mol. The van der Waals surface area contributed by atoms with Crippen molar-refractivity contribution in [3.05, 3.63) is 47.0 Å². The van der Waals surface area contributed by atoms with Gasteiger partial charge in [-0.2, -0.15) is 4.98 Å². The van der Waals surface area contributed by atoms with Crippen LogP contribution in [0.5, 0.6) is 0 Å². The molecule has 1 aliphatic heterocycles. The second kappa shape index (κ2) is 6.69. The molecule has 5 rings (SSSR count). The molecule has 4 aromatic rings. The largest absolute Gasteiger partial charge is 0.423 e. The van der Waals surface area contributed by atoms with E-state index in [9.17, 15) is 0 Å². The molecule has 27 heavy (non-hydrogen) atoms. The fourth-order valence-electron chi connectivity index (χ4n) is 3.42. The smallest absolute Gasteiger partial charge is 0.298 e. The molecule has 0 aliphatic carbocycles. The molecule has 0 radical (unpaired) electrons. The molecule has 0 bridgehead atoms. The van der Waals surface area contributed by atoms with Gasteiger partial charge in [-0.3, -0.25) is 0 Å². The second-order valence-corrected chi connectivity index (χ2v) is 8.18. The van der Waals surface area contributed by atoms with Gasteiger partial charge in [0.15, 0.2) is 10.7 Å². The highest BCUT2D eigenvalue weighted by Crippen LogP contribution is 2.31. The Balaban J connectivity index is 1.33. The van der Waals surface area contributed by atoms with Gasteiger partial charge in [0.1, 0.15) is 5.52 Å². The lowest BCUT2D eigenvalue weighted by molar-refractivity contribution is 0.542. The van der Waals surface area contributed by atoms with Crippen LogP contribution in [0.25, 0.3) is 21.3 Å². The number of aromatic nitrogens is 2. The number of piperazine rings is 1. The Kier molecular flexibility index (Phi) is 4.17. The van der Waals surface area contributed by atoms with Gasteiger partial charge in [0.05, 0.1) is 10.2 Å². The highest BCUT2D eigenvalue weighted by atomic mass is 35.5. The Morgan fingerprint density at radius 3 is 2.63 bits per heavy atom. The van der Waals surface area contributed by atoms with Crippen LogP contribution in [0.2, 0.25) is 5.02 Å². The average Bonchev–Trinajstić information content (AvgIpc) is 3.31. The van der Waals surface area contributed by atoms with Gasteiger partial charge in [-0.1, -0.05) is 35.9 Å². The van der Waals surface area contributed by atoms with Crippen LogP contribution in [0.15, 0.2) is 40.8 Å². The van der Waals surface area contributed by atoms with E-state index in [1.807, 2.05) is 18.2 Å². The van der Waals surface area contributed by atoms with Crippen LogP contribution in [0.1, 0.15) is 12.5 Å². The number of oxazole rings is 1. The van der Waals surface area contributed by atoms with E-state index in [2.05, 4.69) is 39.9 Å². The maximum Gasteiger partial charge on any atom is 0.298 e. The molecule has 1 aliphatic rings. The van der Waals surface area contributed by atoms with E-state index in [0.717, 1.165) is 54.3 Å². The highest BCUT2D eigenvalue weighted by Gasteiger charge is 2.23. The predicted octanol–water partition coefficient (Wildman–Crippen LogP) is 4.98. The lowest BCUT2D eigenvalue weighted by Crippen LogP contribution is -2.46. The third kappa shape index (κ3) is 3.13. The van der Waals surface area contributed by atoms with Crippen molar-refractivity contribution in [3.63, 3.8) is 0 Å². The molecule has 0 atom stereocenters. The number of benzene rings is 2. The van der Waals surface area contributed by atoms with E-state index in [4.69, 9.17) is 21.0 Å². The second-order valence-electron chi connectivity index (χ2n) is 6.73. The first-order valence-corrected chi connectivity index (χ1v) is 10.3. The minimum Gasteiger partial charge on any atom is -0.423 e. The number of nitrogens with zero attached hydrogens (tertiary/aromatic N) is 4. The Morgan fingerprint density at radius 1 is 1.00 bits per heavy atom. The Bertz CT molecular complexity index is 1110. The number of rotatable bonds is 3. The molecule has 0 spiro atoms. The maximum atomic E-state index is 6.05. The van der Waals surface area contributed by atoms with E-state index in [1.165, 1.54) is 10.3 Å². The summed E-state index contributed by atoms with van der Waals surface area (Å²) in [4.78, 5) is 14.0. The van der Waals surface area contributed by atoms with E-state index in [0.29, 0.717) is 11.0 Å². The van der Waals surface area contributed by atoms with Gasteiger partial charge in [-0.25, -0.2) is 4.98 Å². The van der Waals surface area contributed by atoms with Crippen LogP contribution in [0.3, 0.4) is 0 Å². The fraction of sp³-hybridized carbons (Fsp3) is 0.300. The first-order valence-electron chi connectivity index (χ1n) is 9.15. The van der Waals surface area contributed by atoms with E-state index in [-0.39, 0.29) is 0 Å². The number of thiazole rings is 1. The van der Waals surface area contributed by atoms with Crippen molar-refractivity contribution in [3.8, 4) is 0 Å². The van der Waals surface area contributed by atoms with E-state index in [1.54, 1.807) is 11.3 Å². The molecule has 1 fully saturated rings. The fourth-order valence-corrected chi connectivity index (χ4v) is 4.67. The van der Waals surface area contributed by atoms with Crippen molar-refractivity contribution >= 4 is 55.4 Å². The molecule has 0 unspecified atom stereocenters. The van der Waals surface area contributed by atoms with Gasteiger partial charge >= 0.3 is 0 Å². The number of aryl methyl sites for hydroxylation is 1. The third-order valence-corrected chi connectivity index (χ3v) is 6.32. The lowest BCUT2D eigenvalue weighted by Gasteiger charge is -2.33. The standard InChI is InChI=1S/C20H19ClN4OS/c1-2-13-3-5-15-18(11-13)27-20(23-15)25-9-7-24(8-10-25)19-22-16-12-14(21)4-6-17(16)26-19/h3-6,11-12H,2,7-10H2,1H3. The molecule has 1 saturated heterocycles. The quantitative estimate of drug-likeness (QED) is 0.487. The van der Waals surface area contributed by atoms with E-state index < -0.39 is 0 Å². The minimum atomic E-state index is 0.670. The Hall–Kier alpha value is -2.31. The zero-order valence-corrected chi connectivity index (χ0v) is 16.6.